The van der Waals surface area contributed by atoms with Crippen molar-refractivity contribution in [1.29, 1.82) is 0 Å². The number of hydrazone groups is 1. The first-order valence-corrected chi connectivity index (χ1v) is 6.17. The van der Waals surface area contributed by atoms with Crippen molar-refractivity contribution in [3.63, 3.8) is 0 Å². The smallest absolute Gasteiger partial charge is 0.455 e. The summed E-state index contributed by atoms with van der Waals surface area (Å²) >= 11 is 5.00. The largest absolute Gasteiger partial charge is 0.507 e. The van der Waals surface area contributed by atoms with Crippen LogP contribution in [0.15, 0.2) is 21.7 Å². The van der Waals surface area contributed by atoms with E-state index in [0.717, 1.165) is 0 Å². The molecule has 0 saturated carbocycles. The van der Waals surface area contributed by atoms with Gasteiger partial charge in [0, 0.05) is 10.5 Å². The molecular weight excluding hydrogens is 432 g/mol. The summed E-state index contributed by atoms with van der Waals surface area (Å²) in [6.07, 6.45) is -4.82. The number of phenols is 1. The number of nitrogens with zero attached hydrogens (tertiary/aromatic N) is 1. The van der Waals surface area contributed by atoms with Gasteiger partial charge in [-0.3, -0.25) is 10.2 Å². The molecule has 4 nitrogen and oxygen atoms in total. The molecule has 2 N–H and O–H groups in total. The van der Waals surface area contributed by atoms with E-state index < -0.39 is 12.0 Å². The number of ketones is 1. The quantitative estimate of drug-likeness (QED) is 0.434. The lowest BCUT2D eigenvalue weighted by molar-refractivity contribution is -0.162. The Bertz CT molecular complexity index is 505. The number of carbonyl (C=O) groups is 1. The summed E-state index contributed by atoms with van der Waals surface area (Å²) in [7, 11) is 0. The van der Waals surface area contributed by atoms with Gasteiger partial charge in [0.1, 0.15) is 5.75 Å². The summed E-state index contributed by atoms with van der Waals surface area (Å²) in [5.74, 6) is -2.13. The minimum absolute atomic E-state index is 0.0568. The van der Waals surface area contributed by atoms with E-state index in [1.165, 1.54) is 6.07 Å². The van der Waals surface area contributed by atoms with Gasteiger partial charge in [-0.15, -0.1) is 0 Å². The number of rotatable bonds is 3. The number of aromatic hydroxyl groups is 1. The molecule has 0 fully saturated rings. The van der Waals surface area contributed by atoms with Gasteiger partial charge < -0.3 is 5.11 Å². The fourth-order valence-corrected chi connectivity index (χ4v) is 2.18. The summed E-state index contributed by atoms with van der Waals surface area (Å²) in [5.41, 5.74) is 2.46. The minimum atomic E-state index is -4.95. The molecule has 0 bridgehead atoms. The van der Waals surface area contributed by atoms with Crippen molar-refractivity contribution < 1.29 is 23.1 Å². The summed E-state index contributed by atoms with van der Waals surface area (Å²) in [6, 6.07) is 2.81. The summed E-state index contributed by atoms with van der Waals surface area (Å²) in [4.78, 5) is 10.5. The minimum Gasteiger partial charge on any atom is -0.507 e. The Balaban J connectivity index is 2.79. The lowest BCUT2D eigenvalue weighted by Crippen LogP contribution is -2.23. The number of carbonyl (C=O) groups excluding carboxylic acids is 1. The van der Waals surface area contributed by atoms with E-state index in [4.69, 9.17) is 0 Å². The number of halogens is 5. The normalized spacial score (nSPS) is 11.8. The second-order valence-corrected chi connectivity index (χ2v) is 5.03. The fourth-order valence-electron chi connectivity index (χ4n) is 0.857. The van der Waals surface area contributed by atoms with Crippen molar-refractivity contribution >= 4 is 56.2 Å². The van der Waals surface area contributed by atoms with Crippen LogP contribution in [0, 0.1) is 3.57 Å². The first-order valence-electron chi connectivity index (χ1n) is 4.30. The monoisotopic (exact) mass is 436 g/mol. The zero-order valence-corrected chi connectivity index (χ0v) is 12.2. The number of phenolic OH excluding ortho intramolecular Hbond substituents is 1. The van der Waals surface area contributed by atoms with Crippen molar-refractivity contribution in [2.75, 3.05) is 5.43 Å². The molecular formula is C9H5BrF3IN2O2. The standard InChI is InChI=1S/C9H5BrF3IN2O2/c10-4-1-5(14)7(17)2-6(4)16-15-3-8(18)9(11,12)13/h1-3,16-17H. The van der Waals surface area contributed by atoms with Gasteiger partial charge >= 0.3 is 6.18 Å². The van der Waals surface area contributed by atoms with E-state index in [9.17, 15) is 23.1 Å². The van der Waals surface area contributed by atoms with Crippen LogP contribution in [0.1, 0.15) is 0 Å². The molecule has 0 spiro atoms. The molecule has 1 aromatic carbocycles. The van der Waals surface area contributed by atoms with E-state index in [2.05, 4.69) is 26.5 Å². The van der Waals surface area contributed by atoms with Gasteiger partial charge in [-0.25, -0.2) is 0 Å². The number of hydrogen-bond acceptors (Lipinski definition) is 4. The molecule has 9 heteroatoms. The number of nitrogens with one attached hydrogen (secondary N) is 1. The third-order valence-electron chi connectivity index (χ3n) is 1.68. The first-order chi connectivity index (χ1) is 8.21. The third kappa shape index (κ3) is 4.12. The lowest BCUT2D eigenvalue weighted by atomic mass is 10.3. The molecule has 0 radical (unpaired) electrons. The van der Waals surface area contributed by atoms with E-state index in [-0.39, 0.29) is 17.7 Å². The highest BCUT2D eigenvalue weighted by Crippen LogP contribution is 2.31. The maximum Gasteiger partial charge on any atom is 0.455 e. The van der Waals surface area contributed by atoms with Gasteiger partial charge in [-0.1, -0.05) is 0 Å². The molecule has 0 heterocycles. The van der Waals surface area contributed by atoms with E-state index in [1.807, 2.05) is 22.6 Å². The van der Waals surface area contributed by atoms with Gasteiger partial charge in [0.25, 0.3) is 5.78 Å². The van der Waals surface area contributed by atoms with Gasteiger partial charge in [0.2, 0.25) is 0 Å². The van der Waals surface area contributed by atoms with Crippen LogP contribution in [0.4, 0.5) is 18.9 Å². The Kier molecular flexibility index (Phi) is 4.96. The topological polar surface area (TPSA) is 61.7 Å². The van der Waals surface area contributed by atoms with Crippen LogP contribution in [0.3, 0.4) is 0 Å². The lowest BCUT2D eigenvalue weighted by Gasteiger charge is -2.06. The van der Waals surface area contributed by atoms with Crippen LogP contribution in [-0.4, -0.2) is 23.3 Å². The van der Waals surface area contributed by atoms with Crippen molar-refractivity contribution in [3.05, 3.63) is 20.2 Å². The molecule has 0 atom stereocenters. The third-order valence-corrected chi connectivity index (χ3v) is 3.20. The molecule has 0 saturated heterocycles. The average Bonchev–Trinajstić information content (AvgIpc) is 2.23. The van der Waals surface area contributed by atoms with Crippen LogP contribution in [0.5, 0.6) is 5.75 Å². The fraction of sp³-hybridized carbons (Fsp3) is 0.111. The Morgan fingerprint density at radius 3 is 2.67 bits per heavy atom. The number of alkyl halides is 3. The number of hydrogen-bond donors (Lipinski definition) is 2. The maximum atomic E-state index is 11.9. The molecule has 0 aliphatic heterocycles. The van der Waals surface area contributed by atoms with Gasteiger partial charge in [-0.2, -0.15) is 18.3 Å². The zero-order valence-electron chi connectivity index (χ0n) is 8.42. The highest BCUT2D eigenvalue weighted by Gasteiger charge is 2.36. The zero-order chi connectivity index (χ0) is 13.9. The molecule has 0 unspecified atom stereocenters. The Hall–Kier alpha value is -0.840. The van der Waals surface area contributed by atoms with E-state index in [1.54, 1.807) is 6.07 Å². The molecule has 1 aromatic rings. The number of Topliss-reactive ketones (excluding diaryl/α,β-unsaturated/α-hetero) is 1. The van der Waals surface area contributed by atoms with Crippen molar-refractivity contribution in [2.45, 2.75) is 6.18 Å². The highest BCUT2D eigenvalue weighted by atomic mass is 127. The van der Waals surface area contributed by atoms with Crippen LogP contribution < -0.4 is 5.43 Å². The van der Waals surface area contributed by atoms with Crippen molar-refractivity contribution in [1.82, 2.24) is 0 Å². The predicted molar refractivity (Wildman–Crippen MR) is 71.7 cm³/mol. The average molecular weight is 437 g/mol. The molecule has 0 aliphatic carbocycles. The van der Waals surface area contributed by atoms with E-state index in [0.29, 0.717) is 8.04 Å². The van der Waals surface area contributed by atoms with Gasteiger partial charge in [-0.05, 0) is 44.6 Å². The molecule has 18 heavy (non-hydrogen) atoms. The Labute approximate surface area is 122 Å². The van der Waals surface area contributed by atoms with Crippen LogP contribution in [0.25, 0.3) is 0 Å². The summed E-state index contributed by atoms with van der Waals surface area (Å²) < 4.78 is 36.6. The molecule has 0 aliphatic rings. The van der Waals surface area contributed by atoms with Crippen molar-refractivity contribution in [3.8, 4) is 5.75 Å². The maximum absolute atomic E-state index is 11.9. The second-order valence-electron chi connectivity index (χ2n) is 3.02. The summed E-state index contributed by atoms with van der Waals surface area (Å²) in [5, 5.41) is 12.5. The van der Waals surface area contributed by atoms with Gasteiger partial charge in [0.05, 0.1) is 15.5 Å². The summed E-state index contributed by atoms with van der Waals surface area (Å²) in [6.45, 7) is 0. The Morgan fingerprint density at radius 1 is 1.50 bits per heavy atom. The van der Waals surface area contributed by atoms with Crippen LogP contribution in [0.2, 0.25) is 0 Å². The van der Waals surface area contributed by atoms with Crippen LogP contribution >= 0.6 is 38.5 Å². The number of benzene rings is 1. The van der Waals surface area contributed by atoms with Gasteiger partial charge in [0.15, 0.2) is 0 Å². The highest BCUT2D eigenvalue weighted by molar-refractivity contribution is 14.1. The number of anilines is 1. The molecule has 1 rings (SSSR count). The second kappa shape index (κ2) is 5.87. The predicted octanol–water partition coefficient (Wildman–Crippen LogP) is 3.29. The molecule has 0 aromatic heterocycles. The Morgan fingerprint density at radius 2 is 2.11 bits per heavy atom. The first kappa shape index (κ1) is 15.2. The van der Waals surface area contributed by atoms with E-state index >= 15 is 0 Å². The molecule has 0 amide bonds. The van der Waals surface area contributed by atoms with Crippen LogP contribution in [-0.2, 0) is 4.79 Å². The van der Waals surface area contributed by atoms with Crippen molar-refractivity contribution in [2.24, 2.45) is 5.10 Å². The SMILES string of the molecule is O=C(C=NNc1cc(O)c(I)cc1Br)C(F)(F)F. The molecule has 98 valence electrons.